The highest BCUT2D eigenvalue weighted by Crippen LogP contribution is 2.28. The van der Waals surface area contributed by atoms with Crippen LogP contribution in [0, 0.1) is 0 Å². The first kappa shape index (κ1) is 19.4. The summed E-state index contributed by atoms with van der Waals surface area (Å²) in [5, 5.41) is 15.2. The zero-order valence-electron chi connectivity index (χ0n) is 17.1. The molecular weight excluding hydrogens is 404 g/mol. The third kappa shape index (κ3) is 4.01. The summed E-state index contributed by atoms with van der Waals surface area (Å²) in [7, 11) is 0. The van der Waals surface area contributed by atoms with Gasteiger partial charge in [-0.05, 0) is 48.5 Å². The van der Waals surface area contributed by atoms with Crippen LogP contribution in [-0.2, 0) is 4.79 Å². The summed E-state index contributed by atoms with van der Waals surface area (Å²) in [5.41, 5.74) is 3.10. The molecule has 1 amide bonds. The highest BCUT2D eigenvalue weighted by molar-refractivity contribution is 5.92. The lowest BCUT2D eigenvalue weighted by atomic mass is 10.2. The van der Waals surface area contributed by atoms with Gasteiger partial charge in [0.15, 0.2) is 0 Å². The van der Waals surface area contributed by atoms with Crippen molar-refractivity contribution < 1.29 is 9.21 Å². The Kier molecular flexibility index (Phi) is 5.01. The SMILES string of the molecule is CC(=O)Nc1ccc(Nc2nc(-c3nnc(-c4ccccc4)o3)nc3ccccc23)cc1. The van der Waals surface area contributed by atoms with Gasteiger partial charge in [0, 0.05) is 29.2 Å². The van der Waals surface area contributed by atoms with E-state index in [-0.39, 0.29) is 11.8 Å². The zero-order valence-corrected chi connectivity index (χ0v) is 17.1. The van der Waals surface area contributed by atoms with E-state index in [1.54, 1.807) is 0 Å². The van der Waals surface area contributed by atoms with E-state index in [0.29, 0.717) is 17.5 Å². The van der Waals surface area contributed by atoms with Crippen LogP contribution in [0.1, 0.15) is 6.92 Å². The van der Waals surface area contributed by atoms with Crippen molar-refractivity contribution in [1.29, 1.82) is 0 Å². The molecule has 0 radical (unpaired) electrons. The normalized spacial score (nSPS) is 10.8. The highest BCUT2D eigenvalue weighted by Gasteiger charge is 2.16. The first-order chi connectivity index (χ1) is 15.7. The van der Waals surface area contributed by atoms with E-state index in [4.69, 9.17) is 4.42 Å². The summed E-state index contributed by atoms with van der Waals surface area (Å²) in [4.78, 5) is 20.5. The van der Waals surface area contributed by atoms with Gasteiger partial charge in [0.25, 0.3) is 5.89 Å². The Bertz CT molecular complexity index is 1400. The van der Waals surface area contributed by atoms with Gasteiger partial charge in [0.2, 0.25) is 17.6 Å². The molecule has 5 rings (SSSR count). The summed E-state index contributed by atoms with van der Waals surface area (Å²) in [6.07, 6.45) is 0. The van der Waals surface area contributed by atoms with Crippen LogP contribution in [0.25, 0.3) is 34.1 Å². The number of nitrogens with zero attached hydrogens (tertiary/aromatic N) is 4. The molecule has 2 N–H and O–H groups in total. The molecule has 3 aromatic carbocycles. The Hall–Kier alpha value is -4.59. The van der Waals surface area contributed by atoms with Crippen LogP contribution in [0.15, 0.2) is 83.3 Å². The van der Waals surface area contributed by atoms with Gasteiger partial charge >= 0.3 is 0 Å². The standard InChI is InChI=1S/C24H18N6O2/c1-15(31)25-17-11-13-18(14-12-17)26-21-19-9-5-6-10-20(19)27-22(28-21)24-30-29-23(32-24)16-7-3-2-4-8-16/h2-14H,1H3,(H,25,31)(H,26,27,28). The van der Waals surface area contributed by atoms with Crippen LogP contribution in [0.5, 0.6) is 0 Å². The van der Waals surface area contributed by atoms with Crippen molar-refractivity contribution in [3.05, 3.63) is 78.9 Å². The molecule has 8 nitrogen and oxygen atoms in total. The number of fused-ring (bicyclic) bond motifs is 1. The summed E-state index contributed by atoms with van der Waals surface area (Å²) < 4.78 is 5.85. The lowest BCUT2D eigenvalue weighted by Gasteiger charge is -2.10. The number of hydrogen-bond acceptors (Lipinski definition) is 7. The molecule has 0 aliphatic heterocycles. The maximum Gasteiger partial charge on any atom is 0.286 e. The van der Waals surface area contributed by atoms with Gasteiger partial charge in [0.1, 0.15) is 5.82 Å². The van der Waals surface area contributed by atoms with Crippen LogP contribution >= 0.6 is 0 Å². The van der Waals surface area contributed by atoms with Gasteiger partial charge in [-0.3, -0.25) is 4.79 Å². The average molecular weight is 422 g/mol. The zero-order chi connectivity index (χ0) is 21.9. The predicted molar refractivity (Wildman–Crippen MR) is 122 cm³/mol. The van der Waals surface area contributed by atoms with Crippen molar-refractivity contribution in [2.45, 2.75) is 6.92 Å². The van der Waals surface area contributed by atoms with Crippen LogP contribution in [-0.4, -0.2) is 26.1 Å². The van der Waals surface area contributed by atoms with Crippen LogP contribution in [0.2, 0.25) is 0 Å². The van der Waals surface area contributed by atoms with E-state index in [9.17, 15) is 4.79 Å². The van der Waals surface area contributed by atoms with E-state index < -0.39 is 0 Å². The quantitative estimate of drug-likeness (QED) is 0.408. The molecular formula is C24H18N6O2. The molecule has 0 saturated carbocycles. The number of amides is 1. The van der Waals surface area contributed by atoms with Crippen LogP contribution in [0.3, 0.4) is 0 Å². The van der Waals surface area contributed by atoms with Gasteiger partial charge in [-0.15, -0.1) is 10.2 Å². The fourth-order valence-corrected chi connectivity index (χ4v) is 3.26. The highest BCUT2D eigenvalue weighted by atomic mass is 16.4. The van der Waals surface area contributed by atoms with Gasteiger partial charge in [0.05, 0.1) is 5.52 Å². The monoisotopic (exact) mass is 422 g/mol. The summed E-state index contributed by atoms with van der Waals surface area (Å²) in [6, 6.07) is 24.6. The number of anilines is 3. The van der Waals surface area contributed by atoms with Crippen molar-refractivity contribution in [3.8, 4) is 23.2 Å². The maximum atomic E-state index is 11.2. The third-order valence-electron chi connectivity index (χ3n) is 4.71. The first-order valence-electron chi connectivity index (χ1n) is 9.96. The molecule has 2 aromatic heterocycles. The minimum Gasteiger partial charge on any atom is -0.413 e. The molecule has 0 aliphatic carbocycles. The minimum absolute atomic E-state index is 0.119. The van der Waals surface area contributed by atoms with E-state index in [2.05, 4.69) is 30.8 Å². The number of hydrogen-bond donors (Lipinski definition) is 2. The van der Waals surface area contributed by atoms with Gasteiger partial charge in [-0.25, -0.2) is 9.97 Å². The summed E-state index contributed by atoms with van der Waals surface area (Å²) >= 11 is 0. The molecule has 0 unspecified atom stereocenters. The number of rotatable bonds is 5. The van der Waals surface area contributed by atoms with Gasteiger partial charge in [-0.2, -0.15) is 0 Å². The van der Waals surface area contributed by atoms with E-state index in [0.717, 1.165) is 27.8 Å². The van der Waals surface area contributed by atoms with E-state index in [1.165, 1.54) is 6.92 Å². The van der Waals surface area contributed by atoms with E-state index >= 15 is 0 Å². The number of carbonyl (C=O) groups is 1. The molecule has 2 heterocycles. The van der Waals surface area contributed by atoms with E-state index in [1.807, 2.05) is 78.9 Å². The number of carbonyl (C=O) groups excluding carboxylic acids is 1. The summed E-state index contributed by atoms with van der Waals surface area (Å²) in [5.74, 6) is 1.46. The maximum absolute atomic E-state index is 11.2. The van der Waals surface area contributed by atoms with Crippen LogP contribution in [0.4, 0.5) is 17.2 Å². The topological polar surface area (TPSA) is 106 Å². The molecule has 0 saturated heterocycles. The molecule has 156 valence electrons. The molecule has 5 aromatic rings. The molecule has 0 spiro atoms. The van der Waals surface area contributed by atoms with Crippen molar-refractivity contribution in [1.82, 2.24) is 20.2 Å². The average Bonchev–Trinajstić information content (AvgIpc) is 3.31. The number of benzene rings is 3. The molecule has 32 heavy (non-hydrogen) atoms. The second-order valence-corrected chi connectivity index (χ2v) is 7.07. The minimum atomic E-state index is -0.119. The summed E-state index contributed by atoms with van der Waals surface area (Å²) in [6.45, 7) is 1.47. The lowest BCUT2D eigenvalue weighted by Crippen LogP contribution is -2.05. The fourth-order valence-electron chi connectivity index (χ4n) is 3.26. The van der Waals surface area contributed by atoms with Crippen molar-refractivity contribution in [2.75, 3.05) is 10.6 Å². The molecule has 0 fully saturated rings. The third-order valence-corrected chi connectivity index (χ3v) is 4.71. The Balaban J connectivity index is 1.51. The first-order valence-corrected chi connectivity index (χ1v) is 9.96. The van der Waals surface area contributed by atoms with Gasteiger partial charge < -0.3 is 15.1 Å². The Morgan fingerprint density at radius 1 is 0.781 bits per heavy atom. The number of para-hydroxylation sites is 1. The molecule has 0 atom stereocenters. The van der Waals surface area contributed by atoms with Gasteiger partial charge in [-0.1, -0.05) is 30.3 Å². The Morgan fingerprint density at radius 2 is 1.47 bits per heavy atom. The van der Waals surface area contributed by atoms with Crippen molar-refractivity contribution >= 4 is 34.0 Å². The largest absolute Gasteiger partial charge is 0.413 e. The smallest absolute Gasteiger partial charge is 0.286 e. The number of aromatic nitrogens is 4. The van der Waals surface area contributed by atoms with Crippen molar-refractivity contribution in [2.24, 2.45) is 0 Å². The molecule has 0 aliphatic rings. The number of nitrogens with one attached hydrogen (secondary N) is 2. The Morgan fingerprint density at radius 3 is 2.25 bits per heavy atom. The van der Waals surface area contributed by atoms with Crippen molar-refractivity contribution in [3.63, 3.8) is 0 Å². The Labute approximate surface area is 183 Å². The predicted octanol–water partition coefficient (Wildman–Crippen LogP) is 5.05. The second kappa shape index (κ2) is 8.27. The lowest BCUT2D eigenvalue weighted by molar-refractivity contribution is -0.114. The fraction of sp³-hybridized carbons (Fsp3) is 0.0417. The van der Waals surface area contributed by atoms with Crippen LogP contribution < -0.4 is 10.6 Å². The second-order valence-electron chi connectivity index (χ2n) is 7.07. The molecule has 0 bridgehead atoms. The molecule has 8 heteroatoms.